The average Bonchev–Trinajstić information content (AvgIpc) is 3.16. The predicted octanol–water partition coefficient (Wildman–Crippen LogP) is 3.26. The number of nitrogens with one attached hydrogen (secondary N) is 1. The standard InChI is InChI=1S/C20H22ClN5O5/c1-28-13-8-12(9-14(10-13)29-2)25-4-6-26(7-5-25)20(27)23-17-19(30-3)24-18-15(22-17)11-16(21)31-18/h8-11H,4-7H2,1-3H3,(H,22,23,27). The van der Waals surface area contributed by atoms with Gasteiger partial charge >= 0.3 is 6.03 Å². The van der Waals surface area contributed by atoms with E-state index in [4.69, 9.17) is 30.2 Å². The van der Waals surface area contributed by atoms with Crippen LogP contribution in [0.5, 0.6) is 17.4 Å². The van der Waals surface area contributed by atoms with E-state index in [1.807, 2.05) is 18.2 Å². The fourth-order valence-electron chi connectivity index (χ4n) is 3.36. The third-order valence-corrected chi connectivity index (χ3v) is 5.17. The van der Waals surface area contributed by atoms with E-state index in [1.165, 1.54) is 13.2 Å². The molecule has 0 atom stereocenters. The van der Waals surface area contributed by atoms with Crippen LogP contribution in [0.25, 0.3) is 11.2 Å². The lowest BCUT2D eigenvalue weighted by molar-refractivity contribution is 0.208. The summed E-state index contributed by atoms with van der Waals surface area (Å²) in [6.07, 6.45) is 0. The second-order valence-corrected chi connectivity index (χ2v) is 7.17. The lowest BCUT2D eigenvalue weighted by Gasteiger charge is -2.36. The first-order valence-electron chi connectivity index (χ1n) is 9.55. The van der Waals surface area contributed by atoms with Crippen molar-refractivity contribution in [3.8, 4) is 17.4 Å². The minimum atomic E-state index is -0.288. The van der Waals surface area contributed by atoms with Crippen LogP contribution in [0.3, 0.4) is 0 Å². The Balaban J connectivity index is 1.44. The normalized spacial score (nSPS) is 13.9. The maximum atomic E-state index is 12.8. The van der Waals surface area contributed by atoms with E-state index in [-0.39, 0.29) is 28.7 Å². The van der Waals surface area contributed by atoms with Crippen LogP contribution in [-0.2, 0) is 0 Å². The van der Waals surface area contributed by atoms with Gasteiger partial charge in [0.05, 0.1) is 21.3 Å². The molecule has 3 aromatic rings. The molecule has 0 spiro atoms. The highest BCUT2D eigenvalue weighted by Gasteiger charge is 2.24. The minimum absolute atomic E-state index is 0.147. The fourth-order valence-corrected chi connectivity index (χ4v) is 3.54. The first-order valence-corrected chi connectivity index (χ1v) is 9.93. The van der Waals surface area contributed by atoms with Gasteiger partial charge in [0, 0.05) is 56.1 Å². The van der Waals surface area contributed by atoms with E-state index in [1.54, 1.807) is 19.1 Å². The largest absolute Gasteiger partial charge is 0.497 e. The highest BCUT2D eigenvalue weighted by Crippen LogP contribution is 2.30. The molecule has 2 aromatic heterocycles. The number of carbonyl (C=O) groups excluding carboxylic acids is 1. The summed E-state index contributed by atoms with van der Waals surface area (Å²) in [4.78, 5) is 25.2. The molecule has 0 radical (unpaired) electrons. The zero-order chi connectivity index (χ0) is 22.0. The number of nitrogens with zero attached hydrogens (tertiary/aromatic N) is 4. The SMILES string of the molecule is COc1cc(OC)cc(N2CCN(C(=O)Nc3nc4cc(Cl)oc4nc3OC)CC2)c1. The van der Waals surface area contributed by atoms with E-state index in [9.17, 15) is 4.79 Å². The third kappa shape index (κ3) is 4.38. The molecule has 0 bridgehead atoms. The van der Waals surface area contributed by atoms with Gasteiger partial charge in [-0.1, -0.05) is 0 Å². The van der Waals surface area contributed by atoms with Crippen LogP contribution in [0, 0.1) is 0 Å². The van der Waals surface area contributed by atoms with E-state index in [0.717, 1.165) is 17.2 Å². The van der Waals surface area contributed by atoms with Gasteiger partial charge in [0.2, 0.25) is 5.71 Å². The van der Waals surface area contributed by atoms with Gasteiger partial charge in [-0.25, -0.2) is 9.78 Å². The molecule has 3 heterocycles. The number of halogens is 1. The van der Waals surface area contributed by atoms with Gasteiger partial charge in [-0.3, -0.25) is 5.32 Å². The number of furan rings is 1. The summed E-state index contributed by atoms with van der Waals surface area (Å²) in [6.45, 7) is 2.37. The molecule has 2 amide bonds. The first-order chi connectivity index (χ1) is 15.0. The molecule has 1 aromatic carbocycles. The summed E-state index contributed by atoms with van der Waals surface area (Å²) in [5, 5.41) is 2.93. The zero-order valence-corrected chi connectivity index (χ0v) is 18.1. The fraction of sp³-hybridized carbons (Fsp3) is 0.350. The Morgan fingerprint density at radius 1 is 1.00 bits per heavy atom. The Kier molecular flexibility index (Phi) is 5.90. The van der Waals surface area contributed by atoms with Crippen molar-refractivity contribution in [3.05, 3.63) is 29.5 Å². The molecule has 1 fully saturated rings. The number of ether oxygens (including phenoxy) is 3. The second kappa shape index (κ2) is 8.76. The monoisotopic (exact) mass is 447 g/mol. The maximum Gasteiger partial charge on any atom is 0.323 e. The molecule has 164 valence electrons. The van der Waals surface area contributed by atoms with Crippen LogP contribution in [0.2, 0.25) is 5.22 Å². The number of piperazine rings is 1. The predicted molar refractivity (Wildman–Crippen MR) is 116 cm³/mol. The maximum absolute atomic E-state index is 12.8. The van der Waals surface area contributed by atoms with Gasteiger partial charge < -0.3 is 28.4 Å². The van der Waals surface area contributed by atoms with E-state index < -0.39 is 0 Å². The lowest BCUT2D eigenvalue weighted by atomic mass is 10.2. The van der Waals surface area contributed by atoms with E-state index >= 15 is 0 Å². The number of hydrogen-bond acceptors (Lipinski definition) is 8. The van der Waals surface area contributed by atoms with E-state index in [0.29, 0.717) is 31.7 Å². The molecule has 0 unspecified atom stereocenters. The van der Waals surface area contributed by atoms with Crippen molar-refractivity contribution in [2.75, 3.05) is 57.7 Å². The number of urea groups is 1. The molecular formula is C20H22ClN5O5. The van der Waals surface area contributed by atoms with Crippen molar-refractivity contribution in [1.29, 1.82) is 0 Å². The number of methoxy groups -OCH3 is 3. The summed E-state index contributed by atoms with van der Waals surface area (Å²) < 4.78 is 21.2. The quantitative estimate of drug-likeness (QED) is 0.635. The molecule has 11 heteroatoms. The summed E-state index contributed by atoms with van der Waals surface area (Å²) in [6, 6.07) is 6.96. The molecule has 31 heavy (non-hydrogen) atoms. The Labute approximate surface area is 183 Å². The van der Waals surface area contributed by atoms with Crippen molar-refractivity contribution in [2.24, 2.45) is 0 Å². The first kappa shape index (κ1) is 20.9. The second-order valence-electron chi connectivity index (χ2n) is 6.80. The van der Waals surface area contributed by atoms with Gasteiger partial charge in [-0.2, -0.15) is 4.98 Å². The molecule has 10 nitrogen and oxygen atoms in total. The molecule has 0 saturated carbocycles. The van der Waals surface area contributed by atoms with Crippen LogP contribution in [0.4, 0.5) is 16.3 Å². The lowest BCUT2D eigenvalue weighted by Crippen LogP contribution is -2.50. The number of benzene rings is 1. The molecule has 1 saturated heterocycles. The number of fused-ring (bicyclic) bond motifs is 1. The zero-order valence-electron chi connectivity index (χ0n) is 17.3. The van der Waals surface area contributed by atoms with E-state index in [2.05, 4.69) is 20.2 Å². The highest BCUT2D eigenvalue weighted by atomic mass is 35.5. The van der Waals surface area contributed by atoms with Crippen molar-refractivity contribution in [1.82, 2.24) is 14.9 Å². The summed E-state index contributed by atoms with van der Waals surface area (Å²) in [5.41, 5.74) is 1.64. The topological polar surface area (TPSA) is 102 Å². The number of hydrogen-bond donors (Lipinski definition) is 1. The molecule has 4 rings (SSSR count). The van der Waals surface area contributed by atoms with Gasteiger partial charge in [0.1, 0.15) is 17.0 Å². The van der Waals surface area contributed by atoms with Crippen molar-refractivity contribution in [3.63, 3.8) is 0 Å². The molecule has 1 N–H and O–H groups in total. The summed E-state index contributed by atoms with van der Waals surface area (Å²) >= 11 is 5.86. The Morgan fingerprint density at radius 2 is 1.68 bits per heavy atom. The van der Waals surface area contributed by atoms with Crippen molar-refractivity contribution >= 4 is 40.4 Å². The van der Waals surface area contributed by atoms with Crippen LogP contribution in [-0.4, -0.2) is 68.4 Å². The van der Waals surface area contributed by atoms with Gasteiger partial charge in [0.15, 0.2) is 11.0 Å². The van der Waals surface area contributed by atoms with Crippen LogP contribution < -0.4 is 24.4 Å². The Morgan fingerprint density at radius 3 is 2.29 bits per heavy atom. The van der Waals surface area contributed by atoms with Gasteiger partial charge in [0.25, 0.3) is 5.88 Å². The Bertz CT molecular complexity index is 1070. The van der Waals surface area contributed by atoms with Crippen LogP contribution >= 0.6 is 11.6 Å². The Hall–Kier alpha value is -3.40. The molecular weight excluding hydrogens is 426 g/mol. The van der Waals surface area contributed by atoms with Crippen molar-refractivity contribution < 1.29 is 23.4 Å². The van der Waals surface area contributed by atoms with Crippen molar-refractivity contribution in [2.45, 2.75) is 0 Å². The number of aromatic nitrogens is 2. The average molecular weight is 448 g/mol. The summed E-state index contributed by atoms with van der Waals surface area (Å²) in [7, 11) is 4.68. The van der Waals surface area contributed by atoms with Gasteiger partial charge in [-0.05, 0) is 11.6 Å². The van der Waals surface area contributed by atoms with Crippen LogP contribution in [0.1, 0.15) is 0 Å². The smallest absolute Gasteiger partial charge is 0.323 e. The van der Waals surface area contributed by atoms with Gasteiger partial charge in [-0.15, -0.1) is 0 Å². The minimum Gasteiger partial charge on any atom is -0.497 e. The van der Waals surface area contributed by atoms with Crippen LogP contribution in [0.15, 0.2) is 28.7 Å². The number of amides is 2. The third-order valence-electron chi connectivity index (χ3n) is 4.99. The number of carbonyl (C=O) groups is 1. The molecule has 1 aliphatic rings. The number of rotatable bonds is 5. The summed E-state index contributed by atoms with van der Waals surface area (Å²) in [5.74, 6) is 1.79. The highest BCUT2D eigenvalue weighted by molar-refractivity contribution is 6.29. The molecule has 1 aliphatic heterocycles. The molecule has 0 aliphatic carbocycles. The number of anilines is 2.